The van der Waals surface area contributed by atoms with Gasteiger partial charge in [0, 0.05) is 25.8 Å². The van der Waals surface area contributed by atoms with Crippen LogP contribution in [-0.4, -0.2) is 73.2 Å². The second-order valence-electron chi connectivity index (χ2n) is 6.58. The van der Waals surface area contributed by atoms with E-state index in [1.807, 2.05) is 0 Å². The van der Waals surface area contributed by atoms with Crippen LogP contribution < -0.4 is 24.2 Å². The molecule has 1 atom stereocenters. The predicted molar refractivity (Wildman–Crippen MR) is 117 cm³/mol. The van der Waals surface area contributed by atoms with Crippen molar-refractivity contribution in [3.8, 4) is 17.2 Å². The number of rotatable bonds is 13. The van der Waals surface area contributed by atoms with Gasteiger partial charge < -0.3 is 29.4 Å². The van der Waals surface area contributed by atoms with Crippen molar-refractivity contribution in [3.63, 3.8) is 0 Å². The molecule has 1 amide bonds. The molecule has 1 unspecified atom stereocenters. The zero-order chi connectivity index (χ0) is 23.6. The molecule has 2 rings (SSSR count). The monoisotopic (exact) mass is 468 g/mol. The largest absolute Gasteiger partial charge is 0.493 e. The van der Waals surface area contributed by atoms with E-state index in [-0.39, 0.29) is 36.8 Å². The number of ether oxygens (including phenoxy) is 4. The van der Waals surface area contributed by atoms with Crippen LogP contribution in [0.3, 0.4) is 0 Å². The Balaban J connectivity index is 1.89. The standard InChI is InChI=1S/C21H28N2O8S/c1-28-12-11-23-32(26,27)17-9-7-15(8-10-17)21(25)22-13-16(24)14-31-20-18(29-2)5-4-6-19(20)30-3/h4-10,16,23-24H,11-14H2,1-3H3,(H,22,25). The van der Waals surface area contributed by atoms with E-state index in [4.69, 9.17) is 18.9 Å². The molecule has 32 heavy (non-hydrogen) atoms. The zero-order valence-electron chi connectivity index (χ0n) is 18.2. The number of benzene rings is 2. The van der Waals surface area contributed by atoms with Gasteiger partial charge in [0.25, 0.3) is 5.91 Å². The van der Waals surface area contributed by atoms with Crippen LogP contribution in [0, 0.1) is 0 Å². The Bertz CT molecular complexity index is 958. The molecule has 0 aromatic heterocycles. The summed E-state index contributed by atoms with van der Waals surface area (Å²) < 4.78 is 47.6. The fraction of sp³-hybridized carbons (Fsp3) is 0.381. The highest BCUT2D eigenvalue weighted by Crippen LogP contribution is 2.36. The summed E-state index contributed by atoms with van der Waals surface area (Å²) in [5.74, 6) is 0.786. The highest BCUT2D eigenvalue weighted by Gasteiger charge is 2.16. The van der Waals surface area contributed by atoms with Gasteiger partial charge in [-0.25, -0.2) is 13.1 Å². The Morgan fingerprint density at radius 2 is 1.66 bits per heavy atom. The molecule has 176 valence electrons. The van der Waals surface area contributed by atoms with Crippen molar-refractivity contribution in [1.82, 2.24) is 10.0 Å². The van der Waals surface area contributed by atoms with E-state index in [0.29, 0.717) is 17.2 Å². The molecular formula is C21H28N2O8S. The average Bonchev–Trinajstić information content (AvgIpc) is 2.81. The molecule has 0 heterocycles. The summed E-state index contributed by atoms with van der Waals surface area (Å²) in [7, 11) is 0.769. The SMILES string of the molecule is COCCNS(=O)(=O)c1ccc(C(=O)NCC(O)COc2c(OC)cccc2OC)cc1. The molecule has 0 radical (unpaired) electrons. The Labute approximate surface area is 187 Å². The van der Waals surface area contributed by atoms with Gasteiger partial charge in [-0.1, -0.05) is 6.07 Å². The average molecular weight is 469 g/mol. The van der Waals surface area contributed by atoms with Crippen molar-refractivity contribution in [2.24, 2.45) is 0 Å². The van der Waals surface area contributed by atoms with Crippen molar-refractivity contribution in [2.75, 3.05) is 47.6 Å². The summed E-state index contributed by atoms with van der Waals surface area (Å²) in [4.78, 5) is 12.3. The molecule has 0 saturated carbocycles. The third-order valence-electron chi connectivity index (χ3n) is 4.33. The Morgan fingerprint density at radius 3 is 2.22 bits per heavy atom. The lowest BCUT2D eigenvalue weighted by atomic mass is 10.2. The number of amides is 1. The van der Waals surface area contributed by atoms with E-state index >= 15 is 0 Å². The van der Waals surface area contributed by atoms with Crippen LogP contribution in [0.1, 0.15) is 10.4 Å². The molecule has 0 spiro atoms. The molecular weight excluding hydrogens is 440 g/mol. The summed E-state index contributed by atoms with van der Waals surface area (Å²) in [5.41, 5.74) is 0.250. The Kier molecular flexibility index (Phi) is 9.72. The maximum Gasteiger partial charge on any atom is 0.251 e. The first-order valence-corrected chi connectivity index (χ1v) is 11.2. The first-order chi connectivity index (χ1) is 15.3. The Hall–Kier alpha value is -2.86. The van der Waals surface area contributed by atoms with Gasteiger partial charge in [0.15, 0.2) is 11.5 Å². The number of sulfonamides is 1. The van der Waals surface area contributed by atoms with Crippen molar-refractivity contribution in [2.45, 2.75) is 11.0 Å². The zero-order valence-corrected chi connectivity index (χ0v) is 19.0. The van der Waals surface area contributed by atoms with Crippen molar-refractivity contribution in [1.29, 1.82) is 0 Å². The molecule has 11 heteroatoms. The fourth-order valence-electron chi connectivity index (χ4n) is 2.66. The van der Waals surface area contributed by atoms with Gasteiger partial charge in [-0.2, -0.15) is 0 Å². The molecule has 0 aliphatic rings. The molecule has 0 fully saturated rings. The summed E-state index contributed by atoms with van der Waals surface area (Å²) in [6.45, 7) is 0.202. The van der Waals surface area contributed by atoms with E-state index in [1.54, 1.807) is 18.2 Å². The molecule has 3 N–H and O–H groups in total. The fourth-order valence-corrected chi connectivity index (χ4v) is 3.67. The maximum absolute atomic E-state index is 12.3. The quantitative estimate of drug-likeness (QED) is 0.368. The summed E-state index contributed by atoms with van der Waals surface area (Å²) in [5, 5.41) is 12.7. The molecule has 2 aromatic carbocycles. The number of carbonyl (C=O) groups is 1. The molecule has 2 aromatic rings. The van der Waals surface area contributed by atoms with Crippen LogP contribution in [-0.2, 0) is 14.8 Å². The first kappa shape index (κ1) is 25.4. The van der Waals surface area contributed by atoms with Gasteiger partial charge in [0.2, 0.25) is 15.8 Å². The van der Waals surface area contributed by atoms with Crippen molar-refractivity contribution >= 4 is 15.9 Å². The number of aliphatic hydroxyl groups excluding tert-OH is 1. The van der Waals surface area contributed by atoms with Crippen LogP contribution in [0.4, 0.5) is 0 Å². The van der Waals surface area contributed by atoms with Gasteiger partial charge in [-0.05, 0) is 36.4 Å². The predicted octanol–water partition coefficient (Wildman–Crippen LogP) is 0.798. The molecule has 0 aliphatic carbocycles. The minimum atomic E-state index is -3.68. The lowest BCUT2D eigenvalue weighted by Gasteiger charge is -2.17. The van der Waals surface area contributed by atoms with Gasteiger partial charge in [0.05, 0.1) is 25.7 Å². The summed E-state index contributed by atoms with van der Waals surface area (Å²) in [6.07, 6.45) is -1.00. The van der Waals surface area contributed by atoms with Crippen LogP contribution in [0.2, 0.25) is 0 Å². The van der Waals surface area contributed by atoms with E-state index in [0.717, 1.165) is 0 Å². The molecule has 0 bridgehead atoms. The lowest BCUT2D eigenvalue weighted by Crippen LogP contribution is -2.35. The smallest absolute Gasteiger partial charge is 0.251 e. The Morgan fingerprint density at radius 1 is 1.03 bits per heavy atom. The van der Waals surface area contributed by atoms with Gasteiger partial charge in [-0.15, -0.1) is 0 Å². The van der Waals surface area contributed by atoms with Gasteiger partial charge in [-0.3, -0.25) is 4.79 Å². The molecule has 10 nitrogen and oxygen atoms in total. The number of nitrogens with one attached hydrogen (secondary N) is 2. The van der Waals surface area contributed by atoms with E-state index in [9.17, 15) is 18.3 Å². The number of aliphatic hydroxyl groups is 1. The van der Waals surface area contributed by atoms with Gasteiger partial charge >= 0.3 is 0 Å². The van der Waals surface area contributed by atoms with E-state index in [1.165, 1.54) is 45.6 Å². The highest BCUT2D eigenvalue weighted by atomic mass is 32.2. The van der Waals surface area contributed by atoms with Crippen molar-refractivity contribution in [3.05, 3.63) is 48.0 Å². The second kappa shape index (κ2) is 12.2. The minimum Gasteiger partial charge on any atom is -0.493 e. The van der Waals surface area contributed by atoms with Crippen molar-refractivity contribution < 1.29 is 37.3 Å². The first-order valence-electron chi connectivity index (χ1n) is 9.71. The third kappa shape index (κ3) is 7.09. The van der Waals surface area contributed by atoms with Crippen LogP contribution in [0.15, 0.2) is 47.4 Å². The number of hydrogen-bond acceptors (Lipinski definition) is 8. The topological polar surface area (TPSA) is 132 Å². The van der Waals surface area contributed by atoms with E-state index < -0.39 is 22.0 Å². The van der Waals surface area contributed by atoms with Crippen LogP contribution in [0.25, 0.3) is 0 Å². The number of hydrogen-bond donors (Lipinski definition) is 3. The summed E-state index contributed by atoms with van der Waals surface area (Å²) in [6, 6.07) is 10.6. The summed E-state index contributed by atoms with van der Waals surface area (Å²) >= 11 is 0. The molecule has 0 saturated heterocycles. The van der Waals surface area contributed by atoms with Gasteiger partial charge in [0.1, 0.15) is 12.7 Å². The lowest BCUT2D eigenvalue weighted by molar-refractivity contribution is 0.0833. The number of methoxy groups -OCH3 is 3. The van der Waals surface area contributed by atoms with E-state index in [2.05, 4.69) is 10.0 Å². The molecule has 0 aliphatic heterocycles. The van der Waals surface area contributed by atoms with Crippen LogP contribution in [0.5, 0.6) is 17.2 Å². The second-order valence-corrected chi connectivity index (χ2v) is 8.35. The van der Waals surface area contributed by atoms with Crippen LogP contribution >= 0.6 is 0 Å². The number of para-hydroxylation sites is 1. The third-order valence-corrected chi connectivity index (χ3v) is 5.80. The minimum absolute atomic E-state index is 0.0318. The maximum atomic E-state index is 12.3. The number of carbonyl (C=O) groups excluding carboxylic acids is 1. The normalized spacial score (nSPS) is 12.1. The highest BCUT2D eigenvalue weighted by molar-refractivity contribution is 7.89.